The highest BCUT2D eigenvalue weighted by Crippen LogP contribution is 2.63. The standard InChI is InChI=1S/C26H42S8/c27-31-18-16-14-12-10-8-6-4-2-1-3-5-7-9-11-13-15-17-22-21-30-25(32-22)26-33-23-24(34-26)29-20-19-28-23/h21,27H,1-20H2. The topological polar surface area (TPSA) is 0 Å². The van der Waals surface area contributed by atoms with Gasteiger partial charge in [0.25, 0.3) is 0 Å². The molecule has 0 saturated carbocycles. The van der Waals surface area contributed by atoms with E-state index in [0.29, 0.717) is 0 Å². The largest absolute Gasteiger partial charge is 0.116 e. The minimum atomic E-state index is 1.22. The SMILES string of the molecule is SSCCCCCCCCCCCCCCCCCCC1=CSC(=C2SC3=C(SCCS3)S2)S1. The Morgan fingerprint density at radius 1 is 0.559 bits per heavy atom. The Hall–Kier alpha value is 2.02. The van der Waals surface area contributed by atoms with Crippen LogP contribution in [0.3, 0.4) is 0 Å². The van der Waals surface area contributed by atoms with Crippen molar-refractivity contribution in [2.24, 2.45) is 0 Å². The summed E-state index contributed by atoms with van der Waals surface area (Å²) in [5.74, 6) is 3.78. The van der Waals surface area contributed by atoms with Gasteiger partial charge in [-0.3, -0.25) is 0 Å². The predicted molar refractivity (Wildman–Crippen MR) is 177 cm³/mol. The highest BCUT2D eigenvalue weighted by atomic mass is 33.1. The van der Waals surface area contributed by atoms with Crippen LogP contribution in [-0.2, 0) is 0 Å². The maximum atomic E-state index is 4.20. The molecule has 3 rings (SSSR count). The van der Waals surface area contributed by atoms with Crippen molar-refractivity contribution < 1.29 is 0 Å². The summed E-state index contributed by atoms with van der Waals surface area (Å²) in [7, 11) is 1.69. The van der Waals surface area contributed by atoms with Crippen molar-refractivity contribution in [2.75, 3.05) is 17.3 Å². The first-order chi connectivity index (χ1) is 16.9. The molecule has 8 heteroatoms. The zero-order chi connectivity index (χ0) is 23.7. The highest BCUT2D eigenvalue weighted by molar-refractivity contribution is 8.68. The molecule has 3 heterocycles. The van der Waals surface area contributed by atoms with Crippen LogP contribution in [0, 0.1) is 0 Å². The Balaban J connectivity index is 1.06. The Labute approximate surface area is 244 Å². The normalized spacial score (nSPS) is 18.2. The molecule has 3 aliphatic heterocycles. The van der Waals surface area contributed by atoms with E-state index >= 15 is 0 Å². The van der Waals surface area contributed by atoms with E-state index in [4.69, 9.17) is 0 Å². The van der Waals surface area contributed by atoms with Gasteiger partial charge in [0.1, 0.15) is 0 Å². The van der Waals surface area contributed by atoms with Gasteiger partial charge in [0.2, 0.25) is 0 Å². The molecule has 0 bridgehead atoms. The number of allylic oxidation sites excluding steroid dienone is 1. The van der Waals surface area contributed by atoms with Crippen molar-refractivity contribution in [1.29, 1.82) is 0 Å². The number of hydrogen-bond donors (Lipinski definition) is 1. The molecule has 0 aliphatic carbocycles. The molecule has 0 spiro atoms. The molecule has 3 aliphatic rings. The van der Waals surface area contributed by atoms with E-state index in [1.54, 1.807) is 32.6 Å². The minimum absolute atomic E-state index is 1.22. The molecule has 0 unspecified atom stereocenters. The van der Waals surface area contributed by atoms with Gasteiger partial charge in [-0.05, 0) is 29.6 Å². The Bertz CT molecular complexity index is 650. The summed E-state index contributed by atoms with van der Waals surface area (Å²) in [6.07, 6.45) is 24.3. The second-order valence-corrected chi connectivity index (χ2v) is 17.8. The van der Waals surface area contributed by atoms with Gasteiger partial charge < -0.3 is 0 Å². The molecular weight excluding hydrogens is 569 g/mol. The summed E-state index contributed by atoms with van der Waals surface area (Å²) in [6, 6.07) is 0. The Morgan fingerprint density at radius 3 is 1.53 bits per heavy atom. The second-order valence-electron chi connectivity index (χ2n) is 9.10. The van der Waals surface area contributed by atoms with Gasteiger partial charge in [0.05, 0.1) is 16.9 Å². The quantitative estimate of drug-likeness (QED) is 0.0866. The molecular formula is C26H42S8. The summed E-state index contributed by atoms with van der Waals surface area (Å²) >= 11 is 16.4. The fourth-order valence-corrected chi connectivity index (χ4v) is 13.6. The van der Waals surface area contributed by atoms with Gasteiger partial charge in [0.15, 0.2) is 0 Å². The Morgan fingerprint density at radius 2 is 1.03 bits per heavy atom. The minimum Gasteiger partial charge on any atom is -0.116 e. The molecule has 0 fully saturated rings. The summed E-state index contributed by atoms with van der Waals surface area (Å²) in [6.45, 7) is 0. The zero-order valence-electron chi connectivity index (χ0n) is 20.5. The van der Waals surface area contributed by atoms with Crippen LogP contribution in [0.4, 0.5) is 0 Å². The van der Waals surface area contributed by atoms with Crippen molar-refractivity contribution in [1.82, 2.24) is 0 Å². The lowest BCUT2D eigenvalue weighted by Gasteiger charge is -2.08. The third-order valence-corrected chi connectivity index (χ3v) is 16.0. The molecule has 194 valence electrons. The molecule has 0 aromatic heterocycles. The number of thiol groups is 1. The van der Waals surface area contributed by atoms with Crippen LogP contribution in [0.2, 0.25) is 0 Å². The maximum absolute atomic E-state index is 4.20. The molecule has 0 N–H and O–H groups in total. The van der Waals surface area contributed by atoms with Crippen molar-refractivity contribution in [2.45, 2.75) is 109 Å². The van der Waals surface area contributed by atoms with E-state index in [9.17, 15) is 0 Å². The van der Waals surface area contributed by atoms with Crippen LogP contribution in [0.25, 0.3) is 0 Å². The van der Waals surface area contributed by atoms with Crippen molar-refractivity contribution >= 4 is 93.0 Å². The molecule has 0 radical (unpaired) electrons. The van der Waals surface area contributed by atoms with Gasteiger partial charge >= 0.3 is 0 Å². The maximum Gasteiger partial charge on any atom is 0.0717 e. The molecule has 0 aromatic rings. The second kappa shape index (κ2) is 20.0. The summed E-state index contributed by atoms with van der Waals surface area (Å²) in [4.78, 5) is 1.60. The summed E-state index contributed by atoms with van der Waals surface area (Å²) in [5.41, 5.74) is 0. The first-order valence-electron chi connectivity index (χ1n) is 13.3. The van der Waals surface area contributed by atoms with E-state index in [-0.39, 0.29) is 0 Å². The van der Waals surface area contributed by atoms with E-state index in [0.717, 1.165) is 0 Å². The van der Waals surface area contributed by atoms with Gasteiger partial charge in [-0.1, -0.05) is 148 Å². The fourth-order valence-electron chi connectivity index (χ4n) is 4.23. The average molecular weight is 611 g/mol. The lowest BCUT2D eigenvalue weighted by Crippen LogP contribution is -1.88. The summed E-state index contributed by atoms with van der Waals surface area (Å²) in [5, 5.41) is 2.43. The van der Waals surface area contributed by atoms with Crippen molar-refractivity contribution in [3.05, 3.63) is 27.3 Å². The highest BCUT2D eigenvalue weighted by Gasteiger charge is 2.29. The van der Waals surface area contributed by atoms with Crippen molar-refractivity contribution in [3.63, 3.8) is 0 Å². The van der Waals surface area contributed by atoms with E-state index < -0.39 is 0 Å². The fraction of sp³-hybridized carbons (Fsp3) is 0.769. The third kappa shape index (κ3) is 12.7. The lowest BCUT2D eigenvalue weighted by molar-refractivity contribution is 0.530. The van der Waals surface area contributed by atoms with Crippen LogP contribution in [0.15, 0.2) is 27.3 Å². The van der Waals surface area contributed by atoms with E-state index in [2.05, 4.69) is 52.4 Å². The van der Waals surface area contributed by atoms with Crippen LogP contribution in [0.5, 0.6) is 0 Å². The van der Waals surface area contributed by atoms with E-state index in [1.165, 1.54) is 126 Å². The van der Waals surface area contributed by atoms with Crippen LogP contribution in [-0.4, -0.2) is 17.3 Å². The van der Waals surface area contributed by atoms with Gasteiger partial charge in [0, 0.05) is 17.3 Å². The number of thioether (sulfide) groups is 6. The van der Waals surface area contributed by atoms with E-state index in [1.807, 2.05) is 35.3 Å². The average Bonchev–Trinajstić information content (AvgIpc) is 3.50. The van der Waals surface area contributed by atoms with Gasteiger partial charge in [-0.25, -0.2) is 0 Å². The zero-order valence-corrected chi connectivity index (χ0v) is 27.1. The number of rotatable bonds is 19. The molecule has 0 aromatic carbocycles. The molecule has 0 atom stereocenters. The number of unbranched alkanes of at least 4 members (excludes halogenated alkanes) is 15. The van der Waals surface area contributed by atoms with Crippen LogP contribution in [0.1, 0.15) is 109 Å². The monoisotopic (exact) mass is 610 g/mol. The van der Waals surface area contributed by atoms with Gasteiger partial charge in [-0.2, -0.15) is 0 Å². The van der Waals surface area contributed by atoms with Crippen LogP contribution < -0.4 is 0 Å². The molecule has 0 amide bonds. The third-order valence-electron chi connectivity index (χ3n) is 6.18. The molecule has 34 heavy (non-hydrogen) atoms. The van der Waals surface area contributed by atoms with Crippen LogP contribution >= 0.6 is 93.0 Å². The smallest absolute Gasteiger partial charge is 0.0717 e. The lowest BCUT2D eigenvalue weighted by atomic mass is 10.0. The van der Waals surface area contributed by atoms with Gasteiger partial charge in [-0.15, -0.1) is 35.2 Å². The summed E-state index contributed by atoms with van der Waals surface area (Å²) < 4.78 is 6.22. The Kier molecular flexibility index (Phi) is 18.0. The number of hydrogen-bond acceptors (Lipinski definition) is 8. The predicted octanol–water partition coefficient (Wildman–Crippen LogP) is 12.7. The first-order valence-corrected chi connectivity index (χ1v) is 20.6. The molecule has 0 nitrogen and oxygen atoms in total. The molecule has 0 saturated heterocycles. The van der Waals surface area contributed by atoms with Crippen molar-refractivity contribution in [3.8, 4) is 0 Å². The first kappa shape index (κ1) is 30.6.